The molecule has 19 heavy (non-hydrogen) atoms. The van der Waals surface area contributed by atoms with E-state index < -0.39 is 18.0 Å². The van der Waals surface area contributed by atoms with Crippen molar-refractivity contribution in [3.63, 3.8) is 0 Å². The Balaban J connectivity index is 0.00000324. The highest BCUT2D eigenvalue weighted by molar-refractivity contribution is 6.02. The lowest BCUT2D eigenvalue weighted by Gasteiger charge is -2.30. The second-order valence-electron chi connectivity index (χ2n) is 4.54. The van der Waals surface area contributed by atoms with Crippen LogP contribution < -0.4 is 0 Å². The normalized spacial score (nSPS) is 14.1. The third-order valence-electron chi connectivity index (χ3n) is 2.48. The SMILES string of the molecule is CN(C)CC(C)(OC(F)F)C(=O)c1ccccc1.Cl. The van der Waals surface area contributed by atoms with Gasteiger partial charge in [0.25, 0.3) is 0 Å². The minimum Gasteiger partial charge on any atom is -0.307 e. The first kappa shape index (κ1) is 18.0. The van der Waals surface area contributed by atoms with Gasteiger partial charge in [0.05, 0.1) is 0 Å². The van der Waals surface area contributed by atoms with Gasteiger partial charge in [-0.05, 0) is 21.0 Å². The van der Waals surface area contributed by atoms with Crippen LogP contribution in [0.2, 0.25) is 0 Å². The van der Waals surface area contributed by atoms with E-state index in [2.05, 4.69) is 4.74 Å². The highest BCUT2D eigenvalue weighted by atomic mass is 35.5. The number of halogens is 3. The molecule has 0 N–H and O–H groups in total. The van der Waals surface area contributed by atoms with Gasteiger partial charge in [-0.15, -0.1) is 12.4 Å². The fourth-order valence-corrected chi connectivity index (χ4v) is 1.86. The fourth-order valence-electron chi connectivity index (χ4n) is 1.86. The van der Waals surface area contributed by atoms with E-state index in [1.54, 1.807) is 49.3 Å². The molecule has 0 amide bonds. The number of hydrogen-bond acceptors (Lipinski definition) is 3. The van der Waals surface area contributed by atoms with Crippen LogP contribution in [-0.4, -0.2) is 43.5 Å². The minimum atomic E-state index is -2.98. The molecule has 6 heteroatoms. The van der Waals surface area contributed by atoms with Crippen molar-refractivity contribution in [3.05, 3.63) is 35.9 Å². The van der Waals surface area contributed by atoms with Crippen molar-refractivity contribution >= 4 is 18.2 Å². The van der Waals surface area contributed by atoms with Gasteiger partial charge in [-0.3, -0.25) is 4.79 Å². The van der Waals surface area contributed by atoms with Crippen LogP contribution in [0.3, 0.4) is 0 Å². The number of rotatable bonds is 6. The van der Waals surface area contributed by atoms with E-state index in [-0.39, 0.29) is 19.0 Å². The second kappa shape index (κ2) is 7.53. The molecule has 1 aromatic carbocycles. The van der Waals surface area contributed by atoms with Crippen LogP contribution in [0.4, 0.5) is 8.78 Å². The summed E-state index contributed by atoms with van der Waals surface area (Å²) in [5, 5.41) is 0. The highest BCUT2D eigenvalue weighted by Crippen LogP contribution is 2.21. The van der Waals surface area contributed by atoms with E-state index in [0.717, 1.165) is 0 Å². The summed E-state index contributed by atoms with van der Waals surface area (Å²) in [6, 6.07) is 8.31. The molecule has 0 spiro atoms. The molecule has 0 aliphatic heterocycles. The van der Waals surface area contributed by atoms with E-state index in [4.69, 9.17) is 0 Å². The molecule has 1 unspecified atom stereocenters. The maximum Gasteiger partial charge on any atom is 0.346 e. The molecule has 3 nitrogen and oxygen atoms in total. The summed E-state index contributed by atoms with van der Waals surface area (Å²) >= 11 is 0. The molecule has 0 bridgehead atoms. The smallest absolute Gasteiger partial charge is 0.307 e. The van der Waals surface area contributed by atoms with Gasteiger partial charge in [-0.1, -0.05) is 30.3 Å². The molecule has 0 radical (unpaired) electrons. The monoisotopic (exact) mass is 293 g/mol. The molecule has 1 aromatic rings. The van der Waals surface area contributed by atoms with Crippen molar-refractivity contribution in [2.24, 2.45) is 0 Å². The van der Waals surface area contributed by atoms with Gasteiger partial charge in [0.2, 0.25) is 0 Å². The van der Waals surface area contributed by atoms with Crippen LogP contribution in [-0.2, 0) is 4.74 Å². The molecule has 0 aliphatic rings. The molecule has 1 rings (SSSR count). The summed E-state index contributed by atoms with van der Waals surface area (Å²) in [5.74, 6) is -0.447. The third kappa shape index (κ3) is 5.22. The van der Waals surface area contributed by atoms with Crippen molar-refractivity contribution in [2.45, 2.75) is 19.1 Å². The molecule has 0 heterocycles. The first-order chi connectivity index (χ1) is 8.35. The quantitative estimate of drug-likeness (QED) is 0.755. The second-order valence-corrected chi connectivity index (χ2v) is 4.54. The Morgan fingerprint density at radius 2 is 1.84 bits per heavy atom. The zero-order valence-electron chi connectivity index (χ0n) is 11.1. The highest BCUT2D eigenvalue weighted by Gasteiger charge is 2.38. The predicted molar refractivity (Wildman–Crippen MR) is 72.1 cm³/mol. The first-order valence-electron chi connectivity index (χ1n) is 5.56. The number of likely N-dealkylation sites (N-methyl/N-ethyl adjacent to an activating group) is 1. The van der Waals surface area contributed by atoms with Crippen molar-refractivity contribution in [1.82, 2.24) is 4.90 Å². The van der Waals surface area contributed by atoms with Crippen molar-refractivity contribution in [3.8, 4) is 0 Å². The Morgan fingerprint density at radius 1 is 1.32 bits per heavy atom. The Bertz CT molecular complexity index is 389. The van der Waals surface area contributed by atoms with Gasteiger partial charge in [-0.2, -0.15) is 8.78 Å². The van der Waals surface area contributed by atoms with E-state index in [0.29, 0.717) is 5.56 Å². The van der Waals surface area contributed by atoms with Crippen LogP contribution in [0.5, 0.6) is 0 Å². The van der Waals surface area contributed by atoms with Gasteiger partial charge >= 0.3 is 6.61 Å². The summed E-state index contributed by atoms with van der Waals surface area (Å²) in [7, 11) is 3.40. The number of carbonyl (C=O) groups excluding carboxylic acids is 1. The number of nitrogens with zero attached hydrogens (tertiary/aromatic N) is 1. The summed E-state index contributed by atoms with van der Waals surface area (Å²) < 4.78 is 29.5. The lowest BCUT2D eigenvalue weighted by Crippen LogP contribution is -2.48. The molecule has 1 atom stereocenters. The van der Waals surface area contributed by atoms with Gasteiger partial charge in [0, 0.05) is 12.1 Å². The number of hydrogen-bond donors (Lipinski definition) is 0. The summed E-state index contributed by atoms with van der Waals surface area (Å²) in [4.78, 5) is 13.9. The zero-order chi connectivity index (χ0) is 13.8. The summed E-state index contributed by atoms with van der Waals surface area (Å²) in [6.45, 7) is -1.51. The maximum atomic E-state index is 12.5. The number of benzene rings is 1. The van der Waals surface area contributed by atoms with E-state index in [1.807, 2.05) is 0 Å². The molecule has 0 aromatic heterocycles. The van der Waals surface area contributed by atoms with Crippen molar-refractivity contribution in [1.29, 1.82) is 0 Å². The largest absolute Gasteiger partial charge is 0.346 e. The lowest BCUT2D eigenvalue weighted by atomic mass is 9.94. The molecule has 0 fully saturated rings. The molecule has 0 aliphatic carbocycles. The van der Waals surface area contributed by atoms with Gasteiger partial charge in [0.1, 0.15) is 5.60 Å². The molecule has 108 valence electrons. The average molecular weight is 294 g/mol. The van der Waals surface area contributed by atoms with E-state index in [9.17, 15) is 13.6 Å². The zero-order valence-corrected chi connectivity index (χ0v) is 11.9. The Hall–Kier alpha value is -1.04. The van der Waals surface area contributed by atoms with Gasteiger partial charge in [-0.25, -0.2) is 0 Å². The van der Waals surface area contributed by atoms with Crippen LogP contribution in [0.1, 0.15) is 17.3 Å². The fraction of sp³-hybridized carbons (Fsp3) is 0.462. The predicted octanol–water partition coefficient (Wildman–Crippen LogP) is 2.85. The topological polar surface area (TPSA) is 29.5 Å². The maximum absolute atomic E-state index is 12.5. The Morgan fingerprint density at radius 3 is 2.26 bits per heavy atom. The number of ketones is 1. The number of Topliss-reactive ketones (excluding diaryl/α,β-unsaturated/α-hetero) is 1. The van der Waals surface area contributed by atoms with Crippen molar-refractivity contribution in [2.75, 3.05) is 20.6 Å². The molecular weight excluding hydrogens is 276 g/mol. The molecule has 0 saturated heterocycles. The number of ether oxygens (including phenoxy) is 1. The number of alkyl halides is 2. The molecular formula is C13H18ClF2NO2. The standard InChI is InChI=1S/C13H17F2NO2.ClH/c1-13(9-16(2)3,18-12(14)15)11(17)10-7-5-4-6-8-10;/h4-8,12H,9H2,1-3H3;1H. The van der Waals surface area contributed by atoms with Gasteiger partial charge < -0.3 is 9.64 Å². The van der Waals surface area contributed by atoms with Crippen molar-refractivity contribution < 1.29 is 18.3 Å². The average Bonchev–Trinajstić information content (AvgIpc) is 2.27. The Labute approximate surface area is 118 Å². The first-order valence-corrected chi connectivity index (χ1v) is 5.56. The number of carbonyl (C=O) groups is 1. The lowest BCUT2D eigenvalue weighted by molar-refractivity contribution is -0.188. The minimum absolute atomic E-state index is 0. The van der Waals surface area contributed by atoms with Crippen LogP contribution in [0.25, 0.3) is 0 Å². The van der Waals surface area contributed by atoms with Crippen LogP contribution >= 0.6 is 12.4 Å². The van der Waals surface area contributed by atoms with E-state index >= 15 is 0 Å². The summed E-state index contributed by atoms with van der Waals surface area (Å²) in [5.41, 5.74) is -1.19. The molecule has 0 saturated carbocycles. The van der Waals surface area contributed by atoms with Crippen LogP contribution in [0.15, 0.2) is 30.3 Å². The third-order valence-corrected chi connectivity index (χ3v) is 2.48. The summed E-state index contributed by atoms with van der Waals surface area (Å²) in [6.07, 6.45) is 0. The van der Waals surface area contributed by atoms with E-state index in [1.165, 1.54) is 6.92 Å². The Kier molecular flexibility index (Phi) is 7.11. The van der Waals surface area contributed by atoms with Gasteiger partial charge in [0.15, 0.2) is 5.78 Å². The van der Waals surface area contributed by atoms with Crippen LogP contribution in [0, 0.1) is 0 Å².